The Morgan fingerprint density at radius 3 is 2.59 bits per heavy atom. The van der Waals surface area contributed by atoms with Crippen LogP contribution in [0.2, 0.25) is 0 Å². The van der Waals surface area contributed by atoms with Crippen molar-refractivity contribution in [2.75, 3.05) is 0 Å². The highest BCUT2D eigenvalue weighted by Crippen LogP contribution is 2.34. The predicted octanol–water partition coefficient (Wildman–Crippen LogP) is 5.01. The highest BCUT2D eigenvalue weighted by atomic mass is 32.2. The summed E-state index contributed by atoms with van der Waals surface area (Å²) in [5.41, 5.74) is 1.50. The Balaban J connectivity index is 1.65. The smallest absolute Gasteiger partial charge is 0.293 e. The number of carbonyl (C=O) groups is 2. The van der Waals surface area contributed by atoms with Crippen LogP contribution in [0.15, 0.2) is 53.4 Å². The lowest BCUT2D eigenvalue weighted by atomic mass is 10.2. The number of hydrogen-bond acceptors (Lipinski definition) is 6. The van der Waals surface area contributed by atoms with E-state index in [0.717, 1.165) is 17.3 Å². The minimum absolute atomic E-state index is 0.0211. The van der Waals surface area contributed by atoms with E-state index in [4.69, 9.17) is 4.74 Å². The Morgan fingerprint density at radius 1 is 1.21 bits per heavy atom. The molecule has 2 aromatic carbocycles. The van der Waals surface area contributed by atoms with Gasteiger partial charge in [-0.15, -0.1) is 0 Å². The first-order valence-corrected chi connectivity index (χ1v) is 9.94. The van der Waals surface area contributed by atoms with Crippen molar-refractivity contribution < 1.29 is 19.2 Å². The first-order valence-electron chi connectivity index (χ1n) is 9.12. The van der Waals surface area contributed by atoms with Crippen molar-refractivity contribution in [3.05, 3.63) is 74.7 Å². The minimum atomic E-state index is -0.443. The van der Waals surface area contributed by atoms with Crippen LogP contribution in [0.1, 0.15) is 31.4 Å². The quantitative estimate of drug-likeness (QED) is 0.361. The third-order valence-corrected chi connectivity index (χ3v) is 5.44. The summed E-state index contributed by atoms with van der Waals surface area (Å²) in [7, 11) is 0. The van der Waals surface area contributed by atoms with Crippen LogP contribution in [0, 0.1) is 10.1 Å². The van der Waals surface area contributed by atoms with Gasteiger partial charge >= 0.3 is 0 Å². The van der Waals surface area contributed by atoms with Crippen LogP contribution < -0.4 is 4.74 Å². The maximum Gasteiger partial charge on any atom is 0.293 e. The van der Waals surface area contributed by atoms with E-state index in [0.29, 0.717) is 22.6 Å². The fraction of sp³-hybridized carbons (Fsp3) is 0.238. The van der Waals surface area contributed by atoms with Gasteiger partial charge in [-0.2, -0.15) is 0 Å². The molecule has 0 N–H and O–H groups in total. The number of carbonyl (C=O) groups excluding carboxylic acids is 2. The molecule has 2 amide bonds. The fourth-order valence-corrected chi connectivity index (χ4v) is 3.71. The Labute approximate surface area is 172 Å². The van der Waals surface area contributed by atoms with Gasteiger partial charge in [-0.3, -0.25) is 24.6 Å². The highest BCUT2D eigenvalue weighted by Gasteiger charge is 2.37. The number of amides is 2. The number of imide groups is 1. The number of nitro benzene ring substituents is 1. The van der Waals surface area contributed by atoms with E-state index < -0.39 is 4.92 Å². The average molecular weight is 412 g/mol. The lowest BCUT2D eigenvalue weighted by Gasteiger charge is -2.19. The van der Waals surface area contributed by atoms with Crippen LogP contribution >= 0.6 is 11.8 Å². The van der Waals surface area contributed by atoms with E-state index in [1.54, 1.807) is 42.5 Å². The van der Waals surface area contributed by atoms with Gasteiger partial charge in [0, 0.05) is 18.2 Å². The van der Waals surface area contributed by atoms with E-state index in [9.17, 15) is 19.7 Å². The Bertz CT molecular complexity index is 971. The van der Waals surface area contributed by atoms with Crippen molar-refractivity contribution in [2.24, 2.45) is 0 Å². The zero-order valence-electron chi connectivity index (χ0n) is 16.0. The minimum Gasteiger partial charge on any atom is -0.489 e. The van der Waals surface area contributed by atoms with Gasteiger partial charge in [0.05, 0.1) is 9.83 Å². The molecule has 7 nitrogen and oxygen atoms in total. The van der Waals surface area contributed by atoms with Gasteiger partial charge < -0.3 is 4.74 Å². The van der Waals surface area contributed by atoms with Crippen LogP contribution in [0.5, 0.6) is 5.75 Å². The van der Waals surface area contributed by atoms with E-state index in [2.05, 4.69) is 0 Å². The van der Waals surface area contributed by atoms with E-state index >= 15 is 0 Å². The highest BCUT2D eigenvalue weighted by molar-refractivity contribution is 8.18. The Hall–Kier alpha value is -3.13. The number of non-ortho nitro benzene ring substituents is 1. The molecule has 0 aliphatic carbocycles. The standard InChI is InChI=1S/C21H20N2O5S/c1-3-14(2)22-20(24)19(29-21(22)25)12-15-7-9-18(10-8-15)28-13-16-5-4-6-17(11-16)23(26)27/h4-12,14H,3,13H2,1-2H3/b19-12+/t14-/m0/s1. The molecule has 150 valence electrons. The summed E-state index contributed by atoms with van der Waals surface area (Å²) in [6, 6.07) is 13.2. The maximum atomic E-state index is 12.5. The lowest BCUT2D eigenvalue weighted by molar-refractivity contribution is -0.384. The van der Waals surface area contributed by atoms with Gasteiger partial charge in [-0.25, -0.2) is 0 Å². The van der Waals surface area contributed by atoms with Gasteiger partial charge in [-0.05, 0) is 54.4 Å². The summed E-state index contributed by atoms with van der Waals surface area (Å²) >= 11 is 0.948. The number of benzene rings is 2. The number of nitrogens with zero attached hydrogens (tertiary/aromatic N) is 2. The van der Waals surface area contributed by atoms with Crippen LogP contribution in [0.4, 0.5) is 10.5 Å². The van der Waals surface area contributed by atoms with E-state index in [-0.39, 0.29) is 29.5 Å². The van der Waals surface area contributed by atoms with Crippen molar-refractivity contribution in [1.29, 1.82) is 0 Å². The zero-order chi connectivity index (χ0) is 21.0. The fourth-order valence-electron chi connectivity index (χ4n) is 2.78. The Kier molecular flexibility index (Phi) is 6.33. The predicted molar refractivity (Wildman–Crippen MR) is 111 cm³/mol. The normalized spacial score (nSPS) is 16.3. The topological polar surface area (TPSA) is 89.8 Å². The third kappa shape index (κ3) is 4.83. The van der Waals surface area contributed by atoms with Crippen molar-refractivity contribution in [3.8, 4) is 5.75 Å². The molecule has 2 aromatic rings. The molecule has 1 saturated heterocycles. The second-order valence-electron chi connectivity index (χ2n) is 6.59. The molecule has 1 atom stereocenters. The van der Waals surface area contributed by atoms with Crippen molar-refractivity contribution in [1.82, 2.24) is 4.90 Å². The van der Waals surface area contributed by atoms with Gasteiger partial charge in [0.2, 0.25) is 0 Å². The zero-order valence-corrected chi connectivity index (χ0v) is 16.8. The molecule has 0 spiro atoms. The summed E-state index contributed by atoms with van der Waals surface area (Å²) in [6.45, 7) is 3.99. The summed E-state index contributed by atoms with van der Waals surface area (Å²) in [5.74, 6) is 0.335. The first-order chi connectivity index (χ1) is 13.9. The average Bonchev–Trinajstić information content (AvgIpc) is 3.00. The first kappa shape index (κ1) is 20.6. The van der Waals surface area contributed by atoms with E-state index in [1.165, 1.54) is 17.0 Å². The summed E-state index contributed by atoms with van der Waals surface area (Å²) in [6.07, 6.45) is 2.40. The molecule has 0 unspecified atom stereocenters. The summed E-state index contributed by atoms with van der Waals surface area (Å²) in [5, 5.41) is 10.6. The van der Waals surface area contributed by atoms with Crippen molar-refractivity contribution in [2.45, 2.75) is 32.9 Å². The monoisotopic (exact) mass is 412 g/mol. The second-order valence-corrected chi connectivity index (χ2v) is 7.59. The maximum absolute atomic E-state index is 12.5. The molecular weight excluding hydrogens is 392 g/mol. The number of thioether (sulfide) groups is 1. The van der Waals surface area contributed by atoms with E-state index in [1.807, 2.05) is 13.8 Å². The molecule has 0 radical (unpaired) electrons. The molecule has 0 aromatic heterocycles. The second kappa shape index (κ2) is 8.91. The third-order valence-electron chi connectivity index (χ3n) is 4.56. The molecule has 1 fully saturated rings. The molecule has 8 heteroatoms. The van der Waals surface area contributed by atoms with Gasteiger partial charge in [0.15, 0.2) is 0 Å². The van der Waals surface area contributed by atoms with Gasteiger partial charge in [-0.1, -0.05) is 31.2 Å². The molecular formula is C21H20N2O5S. The van der Waals surface area contributed by atoms with Crippen molar-refractivity contribution in [3.63, 3.8) is 0 Å². The molecule has 0 saturated carbocycles. The van der Waals surface area contributed by atoms with Crippen LogP contribution in [-0.2, 0) is 11.4 Å². The number of rotatable bonds is 7. The van der Waals surface area contributed by atoms with Gasteiger partial charge in [0.25, 0.3) is 16.8 Å². The van der Waals surface area contributed by atoms with Crippen LogP contribution in [0.25, 0.3) is 6.08 Å². The molecule has 1 aliphatic rings. The SMILES string of the molecule is CC[C@H](C)N1C(=O)S/C(=C/c2ccc(OCc3cccc([N+](=O)[O-])c3)cc2)C1=O. The lowest BCUT2D eigenvalue weighted by Crippen LogP contribution is -2.36. The Morgan fingerprint density at radius 2 is 1.93 bits per heavy atom. The van der Waals surface area contributed by atoms with Gasteiger partial charge in [0.1, 0.15) is 12.4 Å². The molecule has 1 aliphatic heterocycles. The summed E-state index contributed by atoms with van der Waals surface area (Å²) < 4.78 is 5.68. The molecule has 29 heavy (non-hydrogen) atoms. The molecule has 3 rings (SSSR count). The van der Waals surface area contributed by atoms with Crippen molar-refractivity contribution >= 4 is 34.7 Å². The number of hydrogen-bond donors (Lipinski definition) is 0. The molecule has 0 bridgehead atoms. The largest absolute Gasteiger partial charge is 0.489 e. The number of nitro groups is 1. The van der Waals surface area contributed by atoms with Crippen LogP contribution in [-0.4, -0.2) is 27.0 Å². The summed E-state index contributed by atoms with van der Waals surface area (Å²) in [4.78, 5) is 36.6. The molecule has 1 heterocycles. The van der Waals surface area contributed by atoms with Crippen LogP contribution in [0.3, 0.4) is 0 Å². The number of ether oxygens (including phenoxy) is 1.